The highest BCUT2D eigenvalue weighted by Gasteiger charge is 2.47. The second kappa shape index (κ2) is 17.3. The summed E-state index contributed by atoms with van der Waals surface area (Å²) in [7, 11) is 0. The number of carbonyl (C=O) groups is 7. The summed E-state index contributed by atoms with van der Waals surface area (Å²) in [6.07, 6.45) is 2.50. The molecule has 0 bridgehead atoms. The summed E-state index contributed by atoms with van der Waals surface area (Å²) in [5.74, 6) is -3.54. The van der Waals surface area contributed by atoms with Crippen LogP contribution >= 0.6 is 0 Å². The Kier molecular flexibility index (Phi) is 12.4. The van der Waals surface area contributed by atoms with Crippen LogP contribution in [0.25, 0.3) is 0 Å². The molecule has 4 saturated heterocycles. The van der Waals surface area contributed by atoms with Gasteiger partial charge < -0.3 is 40.7 Å². The van der Waals surface area contributed by atoms with E-state index in [0.717, 1.165) is 5.56 Å². The van der Waals surface area contributed by atoms with Crippen LogP contribution in [0, 0.1) is 11.8 Å². The topological polar surface area (TPSA) is 187 Å². The van der Waals surface area contributed by atoms with Crippen LogP contribution < -0.4 is 21.3 Å². The smallest absolute Gasteiger partial charge is 0.328 e. The average molecular weight is 758 g/mol. The van der Waals surface area contributed by atoms with Gasteiger partial charge in [0.05, 0.1) is 0 Å². The number of ether oxygens (including phenoxy) is 1. The van der Waals surface area contributed by atoms with Gasteiger partial charge in [-0.15, -0.1) is 0 Å². The molecule has 0 spiro atoms. The highest BCUT2D eigenvalue weighted by atomic mass is 16.5. The first-order valence-corrected chi connectivity index (χ1v) is 19.2. The molecule has 0 aliphatic carbocycles. The predicted molar refractivity (Wildman–Crippen MR) is 201 cm³/mol. The Balaban J connectivity index is 1.31. The van der Waals surface area contributed by atoms with Gasteiger partial charge >= 0.3 is 12.0 Å². The van der Waals surface area contributed by atoms with Crippen molar-refractivity contribution in [2.24, 2.45) is 11.8 Å². The van der Waals surface area contributed by atoms with E-state index in [-0.39, 0.29) is 37.3 Å². The number of nitrogens with one attached hydrogen (secondary N) is 4. The minimum Gasteiger partial charge on any atom is -0.461 e. The number of piperidine rings is 1. The van der Waals surface area contributed by atoms with Crippen molar-refractivity contribution in [2.75, 3.05) is 31.6 Å². The molecule has 8 atom stereocenters. The number of hydrogen-bond donors (Lipinski definition) is 4. The second-order valence-corrected chi connectivity index (χ2v) is 15.4. The van der Waals surface area contributed by atoms with Crippen molar-refractivity contribution < 1.29 is 38.3 Å². The van der Waals surface area contributed by atoms with Gasteiger partial charge in [-0.2, -0.15) is 0 Å². The number of rotatable bonds is 6. The van der Waals surface area contributed by atoms with Crippen molar-refractivity contribution in [3.8, 4) is 0 Å². The number of esters is 1. The van der Waals surface area contributed by atoms with Crippen LogP contribution in [0.5, 0.6) is 0 Å². The molecule has 4 aliphatic heterocycles. The zero-order valence-corrected chi connectivity index (χ0v) is 31.6. The van der Waals surface area contributed by atoms with Crippen LogP contribution in [0.2, 0.25) is 0 Å². The summed E-state index contributed by atoms with van der Waals surface area (Å²) in [6.45, 7) is 5.58. The number of benzene rings is 2. The van der Waals surface area contributed by atoms with E-state index in [9.17, 15) is 33.6 Å². The first-order chi connectivity index (χ1) is 26.4. The van der Waals surface area contributed by atoms with E-state index >= 15 is 0 Å². The Labute approximate surface area is 320 Å². The minimum atomic E-state index is -1.44. The normalized spacial score (nSPS) is 28.3. The SMILES string of the molecule is CC1C[C@H]2C(=O)N3CCCC[C@H]3C(=O)N[C@@H](C)C(=O)N3C[C@@H](C)C[C@H]3C(=O)OC[C@H](NC(=O)[C@H](Cc3ccccc3)NC(=O)Nc3ccccc3)C(=O)N2C1. The Morgan fingerprint density at radius 3 is 2.11 bits per heavy atom. The lowest BCUT2D eigenvalue weighted by molar-refractivity contribution is -0.158. The molecule has 4 N–H and O–H groups in total. The fraction of sp³-hybridized carbons (Fsp3) is 0.525. The lowest BCUT2D eigenvalue weighted by atomic mass is 9.98. The largest absolute Gasteiger partial charge is 0.461 e. The van der Waals surface area contributed by atoms with Crippen molar-refractivity contribution in [3.63, 3.8) is 0 Å². The number of amides is 7. The molecule has 2 aromatic rings. The average Bonchev–Trinajstić information content (AvgIpc) is 3.77. The molecule has 15 nitrogen and oxygen atoms in total. The van der Waals surface area contributed by atoms with E-state index in [1.807, 2.05) is 32.0 Å². The van der Waals surface area contributed by atoms with Gasteiger partial charge in [-0.05, 0) is 68.6 Å². The minimum absolute atomic E-state index is 0.0474. The van der Waals surface area contributed by atoms with Gasteiger partial charge in [-0.1, -0.05) is 62.4 Å². The number of anilines is 1. The standard InChI is InChI=1S/C40H51N7O8/c1-24-18-32-38(52)45-17-11-10-16-31(45)35(49)41-26(3)36(50)47-22-25(2)19-33(47)39(53)55-23-30(37(51)46(32)21-24)43-34(48)29(20-27-12-6-4-7-13-27)44-40(54)42-28-14-8-5-9-15-28/h4-9,12-15,24-26,29-33H,10-11,16-23H2,1-3H3,(H,41,49)(H,43,48)(H2,42,44,54)/t24?,25-,26-,29-,30-,31-,32-,33-/m0/s1. The summed E-state index contributed by atoms with van der Waals surface area (Å²) in [5.41, 5.74) is 1.25. The molecular weight excluding hydrogens is 706 g/mol. The lowest BCUT2D eigenvalue weighted by Crippen LogP contribution is -2.62. The maximum Gasteiger partial charge on any atom is 0.328 e. The number of fused-ring (bicyclic) bond motifs is 3. The lowest BCUT2D eigenvalue weighted by Gasteiger charge is -2.39. The van der Waals surface area contributed by atoms with E-state index in [2.05, 4.69) is 21.3 Å². The fourth-order valence-electron chi connectivity index (χ4n) is 8.13. The van der Waals surface area contributed by atoms with E-state index < -0.39 is 78.5 Å². The number of cyclic esters (lactones) is 1. The molecule has 15 heteroatoms. The molecule has 0 radical (unpaired) electrons. The second-order valence-electron chi connectivity index (χ2n) is 15.4. The Hall–Kier alpha value is -5.47. The molecule has 4 heterocycles. The molecule has 6 rings (SSSR count). The third kappa shape index (κ3) is 9.26. The molecule has 4 aliphatic rings. The molecule has 0 aromatic heterocycles. The third-order valence-electron chi connectivity index (χ3n) is 10.9. The zero-order chi connectivity index (χ0) is 39.2. The maximum absolute atomic E-state index is 14.6. The van der Waals surface area contributed by atoms with Crippen molar-refractivity contribution in [1.82, 2.24) is 30.7 Å². The molecular formula is C40H51N7O8. The van der Waals surface area contributed by atoms with Crippen LogP contribution in [0.4, 0.5) is 10.5 Å². The molecule has 4 fully saturated rings. The van der Waals surface area contributed by atoms with E-state index in [1.165, 1.54) is 14.7 Å². The number of hydrogen-bond acceptors (Lipinski definition) is 8. The van der Waals surface area contributed by atoms with Crippen molar-refractivity contribution in [2.45, 2.75) is 95.5 Å². The first kappa shape index (κ1) is 39.2. The zero-order valence-electron chi connectivity index (χ0n) is 31.6. The Morgan fingerprint density at radius 2 is 1.42 bits per heavy atom. The van der Waals surface area contributed by atoms with Crippen LogP contribution in [0.1, 0.15) is 58.4 Å². The van der Waals surface area contributed by atoms with Gasteiger partial charge in [0.25, 0.3) is 0 Å². The number of carbonyl (C=O) groups excluding carboxylic acids is 7. The fourth-order valence-corrected chi connectivity index (χ4v) is 8.13. The summed E-state index contributed by atoms with van der Waals surface area (Å²) in [5, 5.41) is 11.0. The summed E-state index contributed by atoms with van der Waals surface area (Å²) in [4.78, 5) is 102. The van der Waals surface area contributed by atoms with Crippen LogP contribution in [0.3, 0.4) is 0 Å². The van der Waals surface area contributed by atoms with Crippen LogP contribution in [-0.2, 0) is 39.9 Å². The quantitative estimate of drug-likeness (QED) is 0.322. The Morgan fingerprint density at radius 1 is 0.782 bits per heavy atom. The van der Waals surface area contributed by atoms with Crippen molar-refractivity contribution in [1.29, 1.82) is 0 Å². The van der Waals surface area contributed by atoms with Gasteiger partial charge in [-0.3, -0.25) is 24.0 Å². The van der Waals surface area contributed by atoms with Gasteiger partial charge in [0.2, 0.25) is 29.5 Å². The predicted octanol–water partition coefficient (Wildman–Crippen LogP) is 1.82. The molecule has 7 amide bonds. The Bertz CT molecular complexity index is 1760. The van der Waals surface area contributed by atoms with Gasteiger partial charge in [-0.25, -0.2) is 9.59 Å². The monoisotopic (exact) mass is 757 g/mol. The molecule has 2 aromatic carbocycles. The highest BCUT2D eigenvalue weighted by molar-refractivity contribution is 5.98. The van der Waals surface area contributed by atoms with Crippen LogP contribution in [-0.4, -0.2) is 119 Å². The first-order valence-electron chi connectivity index (χ1n) is 19.2. The maximum atomic E-state index is 14.6. The third-order valence-corrected chi connectivity index (χ3v) is 10.9. The van der Waals surface area contributed by atoms with Crippen molar-refractivity contribution in [3.05, 3.63) is 66.2 Å². The highest BCUT2D eigenvalue weighted by Crippen LogP contribution is 2.30. The molecule has 1 unspecified atom stereocenters. The summed E-state index contributed by atoms with van der Waals surface area (Å²) in [6, 6.07) is 10.8. The van der Waals surface area contributed by atoms with E-state index in [0.29, 0.717) is 44.3 Å². The van der Waals surface area contributed by atoms with E-state index in [4.69, 9.17) is 4.74 Å². The van der Waals surface area contributed by atoms with Crippen molar-refractivity contribution >= 4 is 47.2 Å². The number of nitrogens with zero attached hydrogens (tertiary/aromatic N) is 3. The summed E-state index contributed by atoms with van der Waals surface area (Å²) < 4.78 is 5.76. The molecule has 0 saturated carbocycles. The van der Waals surface area contributed by atoms with E-state index in [1.54, 1.807) is 49.4 Å². The molecule has 294 valence electrons. The number of urea groups is 1. The molecule has 55 heavy (non-hydrogen) atoms. The van der Waals surface area contributed by atoms with Gasteiger partial charge in [0, 0.05) is 31.7 Å². The summed E-state index contributed by atoms with van der Waals surface area (Å²) >= 11 is 0. The van der Waals surface area contributed by atoms with Gasteiger partial charge in [0.15, 0.2) is 0 Å². The van der Waals surface area contributed by atoms with Crippen LogP contribution in [0.15, 0.2) is 60.7 Å². The number of para-hydroxylation sites is 1. The van der Waals surface area contributed by atoms with Gasteiger partial charge in [0.1, 0.15) is 42.9 Å².